The first-order valence-electron chi connectivity index (χ1n) is 12.9. The molecule has 2 aromatic rings. The number of methoxy groups -OCH3 is 2. The van der Waals surface area contributed by atoms with Gasteiger partial charge in [0.05, 0.1) is 32.6 Å². The summed E-state index contributed by atoms with van der Waals surface area (Å²) < 4.78 is 85.9. The van der Waals surface area contributed by atoms with Crippen LogP contribution in [0, 0.1) is 13.8 Å². The molecule has 0 fully saturated rings. The van der Waals surface area contributed by atoms with Crippen LogP contribution in [0.1, 0.15) is 48.3 Å². The number of benzene rings is 2. The minimum absolute atomic E-state index is 0.0161. The number of hydrogen-bond donors (Lipinski definition) is 1. The normalized spacial score (nSPS) is 17.3. The fourth-order valence-electron chi connectivity index (χ4n) is 2.31. The summed E-state index contributed by atoms with van der Waals surface area (Å²) in [5.41, 5.74) is 1.23. The summed E-state index contributed by atoms with van der Waals surface area (Å²) in [4.78, 5) is 0. The second-order valence-electron chi connectivity index (χ2n) is 5.98. The Morgan fingerprint density at radius 3 is 2.65 bits per heavy atom. The minimum atomic E-state index is -2.85. The molecule has 142 valence electrons. The highest BCUT2D eigenvalue weighted by molar-refractivity contribution is 5.42. The molecule has 0 bridgehead atoms. The third-order valence-corrected chi connectivity index (χ3v) is 3.96. The van der Waals surface area contributed by atoms with Gasteiger partial charge in [0, 0.05) is 0 Å². The van der Waals surface area contributed by atoms with Crippen LogP contribution >= 0.6 is 0 Å². The maximum atomic E-state index is 10.3. The van der Waals surface area contributed by atoms with Gasteiger partial charge in [-0.25, -0.2) is 0 Å². The Hall–Kier alpha value is -2.20. The molecule has 4 nitrogen and oxygen atoms in total. The van der Waals surface area contributed by atoms with Crippen molar-refractivity contribution in [2.75, 3.05) is 20.8 Å². The molecule has 0 aromatic heterocycles. The Morgan fingerprint density at radius 1 is 1.04 bits per heavy atom. The number of ether oxygens (including phenoxy) is 3. The molecule has 0 spiro atoms. The van der Waals surface area contributed by atoms with Crippen molar-refractivity contribution in [1.29, 1.82) is 0 Å². The first kappa shape index (κ1) is 10.8. The molecule has 0 aliphatic rings. The van der Waals surface area contributed by atoms with E-state index in [0.29, 0.717) is 30.4 Å². The van der Waals surface area contributed by atoms with Crippen LogP contribution in [0.2, 0.25) is 0 Å². The van der Waals surface area contributed by atoms with Crippen LogP contribution in [0.3, 0.4) is 0 Å². The fraction of sp³-hybridized carbons (Fsp3) is 0.455. The number of hydrogen-bond acceptors (Lipinski definition) is 4. The van der Waals surface area contributed by atoms with E-state index >= 15 is 0 Å². The molecule has 0 aliphatic heterocycles. The number of aliphatic hydroxyl groups excluding tert-OH is 1. The van der Waals surface area contributed by atoms with Crippen molar-refractivity contribution in [1.82, 2.24) is 0 Å². The van der Waals surface area contributed by atoms with E-state index in [4.69, 9.17) is 26.5 Å². The van der Waals surface area contributed by atoms with Gasteiger partial charge >= 0.3 is 0 Å². The van der Waals surface area contributed by atoms with Crippen molar-refractivity contribution in [3.05, 3.63) is 52.9 Å². The van der Waals surface area contributed by atoms with Gasteiger partial charge in [-0.1, -0.05) is 18.5 Å². The highest BCUT2D eigenvalue weighted by atomic mass is 16.5. The summed E-state index contributed by atoms with van der Waals surface area (Å²) in [6.45, 7) is 3.18. The summed E-state index contributed by atoms with van der Waals surface area (Å²) in [7, 11) is -1.65. The van der Waals surface area contributed by atoms with Gasteiger partial charge in [0.2, 0.25) is 0 Å². The second-order valence-corrected chi connectivity index (χ2v) is 5.98. The first-order valence-corrected chi connectivity index (χ1v) is 8.44. The predicted octanol–water partition coefficient (Wildman–Crippen LogP) is 4.47. The molecule has 0 saturated carbocycles. The van der Waals surface area contributed by atoms with Crippen LogP contribution in [-0.4, -0.2) is 32.0 Å². The second kappa shape index (κ2) is 10.1. The van der Waals surface area contributed by atoms with Gasteiger partial charge in [0.1, 0.15) is 12.4 Å². The van der Waals surface area contributed by atoms with Crippen LogP contribution in [0.4, 0.5) is 0 Å². The molecule has 4 heteroatoms. The van der Waals surface area contributed by atoms with E-state index in [2.05, 4.69) is 0 Å². The molecule has 1 N–H and O–H groups in total. The van der Waals surface area contributed by atoms with E-state index in [9.17, 15) is 5.11 Å². The standard InChI is InChI=1S/C22H30O4/c1-16-9-11-20(13-17(16)2)26-15-19(23)8-6-5-7-18-10-12-21(24-3)22(14-18)25-4/h9-14,19,23H,5-8,15H2,1-4H3/i4D3,9D,10D,11D,12D,13D,14D. The van der Waals surface area contributed by atoms with Crippen molar-refractivity contribution in [2.45, 2.75) is 45.6 Å². The average Bonchev–Trinajstić information content (AvgIpc) is 2.78. The lowest BCUT2D eigenvalue weighted by atomic mass is 10.0. The van der Waals surface area contributed by atoms with E-state index in [1.807, 2.05) is 0 Å². The molecule has 26 heavy (non-hydrogen) atoms. The van der Waals surface area contributed by atoms with Crippen molar-refractivity contribution in [2.24, 2.45) is 0 Å². The van der Waals surface area contributed by atoms with E-state index in [1.165, 1.54) is 7.11 Å². The van der Waals surface area contributed by atoms with Crippen LogP contribution in [-0.2, 0) is 6.42 Å². The van der Waals surface area contributed by atoms with Gasteiger partial charge in [-0.3, -0.25) is 0 Å². The van der Waals surface area contributed by atoms with Crippen molar-refractivity contribution < 1.29 is 31.7 Å². The molecule has 0 aliphatic carbocycles. The van der Waals surface area contributed by atoms with Gasteiger partial charge in [0.25, 0.3) is 0 Å². The zero-order chi connectivity index (χ0) is 26.7. The van der Waals surface area contributed by atoms with E-state index in [0.717, 1.165) is 0 Å². The maximum Gasteiger partial charge on any atom is 0.160 e. The highest BCUT2D eigenvalue weighted by Crippen LogP contribution is 2.28. The molecule has 0 saturated heterocycles. The highest BCUT2D eigenvalue weighted by Gasteiger charge is 2.07. The summed E-state index contributed by atoms with van der Waals surface area (Å²) in [6.07, 6.45) is 0.471. The third kappa shape index (κ3) is 5.95. The monoisotopic (exact) mass is 367 g/mol. The lowest BCUT2D eigenvalue weighted by Crippen LogP contribution is -2.17. The van der Waals surface area contributed by atoms with Gasteiger partial charge in [-0.15, -0.1) is 0 Å². The molecule has 0 amide bonds. The molecule has 0 heterocycles. The molecule has 2 rings (SSSR count). The fourth-order valence-corrected chi connectivity index (χ4v) is 2.31. The van der Waals surface area contributed by atoms with Crippen LogP contribution in [0.25, 0.3) is 0 Å². The van der Waals surface area contributed by atoms with Crippen molar-refractivity contribution in [3.63, 3.8) is 0 Å². The molecule has 0 radical (unpaired) electrons. The zero-order valence-corrected chi connectivity index (χ0v) is 15.3. The van der Waals surface area contributed by atoms with Gasteiger partial charge < -0.3 is 19.3 Å². The zero-order valence-electron chi connectivity index (χ0n) is 24.3. The van der Waals surface area contributed by atoms with Crippen LogP contribution < -0.4 is 14.2 Å². The summed E-state index contributed by atoms with van der Waals surface area (Å²) >= 11 is 0. The van der Waals surface area contributed by atoms with E-state index < -0.39 is 18.9 Å². The summed E-state index contributed by atoms with van der Waals surface area (Å²) in [5, 5.41) is 10.3. The van der Waals surface area contributed by atoms with Crippen LogP contribution in [0.5, 0.6) is 17.2 Å². The molecule has 1 atom stereocenters. The van der Waals surface area contributed by atoms with Crippen molar-refractivity contribution >= 4 is 0 Å². The van der Waals surface area contributed by atoms with Gasteiger partial charge in [-0.2, -0.15) is 0 Å². The maximum absolute atomic E-state index is 10.3. The van der Waals surface area contributed by atoms with Gasteiger partial charge in [0.15, 0.2) is 11.5 Å². The number of rotatable bonds is 10. The summed E-state index contributed by atoms with van der Waals surface area (Å²) in [5.74, 6) is -0.730. The van der Waals surface area contributed by atoms with Crippen LogP contribution in [0.15, 0.2) is 36.3 Å². The topological polar surface area (TPSA) is 47.9 Å². The van der Waals surface area contributed by atoms with E-state index in [1.54, 1.807) is 13.8 Å². The molecular weight excluding hydrogens is 328 g/mol. The first-order chi connectivity index (χ1) is 16.2. The quantitative estimate of drug-likeness (QED) is 0.629. The summed E-state index contributed by atoms with van der Waals surface area (Å²) in [6, 6.07) is -1.14. The Bertz CT molecular complexity index is 1040. The Kier molecular flexibility index (Phi) is 4.20. The lowest BCUT2D eigenvalue weighted by molar-refractivity contribution is 0.0976. The SMILES string of the molecule is [2H]c1c([2H])c(OCC(O)CCCCc2c([2H])c([2H])c(OC)c(OC([2H])([2H])[2H])c2[2H])c([2H])c(C)c1C. The third-order valence-electron chi connectivity index (χ3n) is 3.96. The van der Waals surface area contributed by atoms with Gasteiger partial charge in [-0.05, 0) is 74.0 Å². The van der Waals surface area contributed by atoms with E-state index in [-0.39, 0.29) is 66.3 Å². The Balaban J connectivity index is 2.02. The molecular formula is C22H30O4. The Labute approximate surface area is 169 Å². The molecule has 2 aromatic carbocycles. The Morgan fingerprint density at radius 2 is 1.88 bits per heavy atom. The average molecular weight is 368 g/mol. The number of unbranched alkanes of at least 4 members (excludes halogenated alkanes) is 1. The molecule has 1 unspecified atom stereocenters. The lowest BCUT2D eigenvalue weighted by Gasteiger charge is -2.13. The minimum Gasteiger partial charge on any atom is -0.493 e. The predicted molar refractivity (Wildman–Crippen MR) is 105 cm³/mol. The number of aliphatic hydroxyl groups is 1. The largest absolute Gasteiger partial charge is 0.493 e. The smallest absolute Gasteiger partial charge is 0.160 e. The van der Waals surface area contributed by atoms with Crippen molar-refractivity contribution in [3.8, 4) is 17.2 Å².